The summed E-state index contributed by atoms with van der Waals surface area (Å²) in [5, 5.41) is 0.576. The lowest BCUT2D eigenvalue weighted by molar-refractivity contribution is 0.0735. The topological polar surface area (TPSA) is 26.3 Å². The number of aryl methyl sites for hydroxylation is 1. The summed E-state index contributed by atoms with van der Waals surface area (Å²) in [6.45, 7) is 6.80. The molecule has 3 rings (SSSR count). The third kappa shape index (κ3) is 10.3. The highest BCUT2D eigenvalue weighted by atomic mass is 32.2. The van der Waals surface area contributed by atoms with Crippen molar-refractivity contribution in [3.8, 4) is 16.9 Å². The maximum Gasteiger partial charge on any atom is 0.343 e. The van der Waals surface area contributed by atoms with Gasteiger partial charge < -0.3 is 4.74 Å². The van der Waals surface area contributed by atoms with Crippen molar-refractivity contribution in [2.24, 2.45) is 0 Å². The summed E-state index contributed by atoms with van der Waals surface area (Å²) in [7, 11) is 0. The molecule has 0 aliphatic carbocycles. The van der Waals surface area contributed by atoms with Crippen LogP contribution in [0.1, 0.15) is 107 Å². The number of ether oxygens (including phenoxy) is 1. The van der Waals surface area contributed by atoms with Crippen LogP contribution in [0.3, 0.4) is 0 Å². The largest absolute Gasteiger partial charge is 0.422 e. The van der Waals surface area contributed by atoms with Gasteiger partial charge in [0, 0.05) is 15.7 Å². The van der Waals surface area contributed by atoms with E-state index in [4.69, 9.17) is 4.74 Å². The van der Waals surface area contributed by atoms with E-state index in [-0.39, 0.29) is 5.97 Å². The van der Waals surface area contributed by atoms with Crippen LogP contribution < -0.4 is 4.74 Å². The fourth-order valence-corrected chi connectivity index (χ4v) is 5.79. The Bertz CT molecular complexity index is 1070. The Morgan fingerprint density at radius 2 is 1.42 bits per heavy atom. The Kier molecular flexibility index (Phi) is 13.5. The van der Waals surface area contributed by atoms with Crippen molar-refractivity contribution in [1.29, 1.82) is 0 Å². The van der Waals surface area contributed by atoms with E-state index in [1.54, 1.807) is 0 Å². The number of carbonyl (C=O) groups excluding carboxylic acids is 1. The zero-order valence-electron chi connectivity index (χ0n) is 23.7. The minimum Gasteiger partial charge on any atom is -0.422 e. The van der Waals surface area contributed by atoms with Gasteiger partial charge >= 0.3 is 5.97 Å². The lowest BCUT2D eigenvalue weighted by atomic mass is 9.99. The third-order valence-electron chi connectivity index (χ3n) is 7.04. The van der Waals surface area contributed by atoms with Crippen molar-refractivity contribution in [2.75, 3.05) is 0 Å². The zero-order chi connectivity index (χ0) is 27.0. The van der Waals surface area contributed by atoms with Gasteiger partial charge in [-0.3, -0.25) is 0 Å². The second kappa shape index (κ2) is 17.1. The zero-order valence-corrected chi connectivity index (χ0v) is 24.5. The lowest BCUT2D eigenvalue weighted by Gasteiger charge is -2.14. The number of carbonyl (C=O) groups is 1. The molecule has 0 aliphatic rings. The predicted molar refractivity (Wildman–Crippen MR) is 164 cm³/mol. The molecule has 0 saturated carbocycles. The maximum atomic E-state index is 13.2. The highest BCUT2D eigenvalue weighted by molar-refractivity contribution is 7.99. The average Bonchev–Trinajstić information content (AvgIpc) is 2.94. The summed E-state index contributed by atoms with van der Waals surface area (Å²) < 4.78 is 6.04. The Labute approximate surface area is 235 Å². The van der Waals surface area contributed by atoms with E-state index in [1.165, 1.54) is 74.7 Å². The summed E-state index contributed by atoms with van der Waals surface area (Å²) in [6.07, 6.45) is 15.1. The summed E-state index contributed by atoms with van der Waals surface area (Å²) in [5.74, 6) is 0.340. The van der Waals surface area contributed by atoms with E-state index in [1.807, 2.05) is 42.1 Å². The first-order valence-electron chi connectivity index (χ1n) is 14.8. The van der Waals surface area contributed by atoms with E-state index in [2.05, 4.69) is 63.2 Å². The summed E-state index contributed by atoms with van der Waals surface area (Å²) in [6, 6.07) is 24.4. The standard InChI is InChI=1S/C35H46O2S/c1-4-6-8-10-11-14-18-29-21-26-33(30-19-15-12-16-20-30)34(27-29)37-35(36)31-22-24-32(25-23-31)38-28(3)17-13-9-7-5-2/h12,15-16,19-28H,4-11,13-14,17-18H2,1-3H3. The molecule has 1 unspecified atom stereocenters. The Morgan fingerprint density at radius 3 is 2.13 bits per heavy atom. The summed E-state index contributed by atoms with van der Waals surface area (Å²) >= 11 is 1.89. The van der Waals surface area contributed by atoms with Crippen LogP contribution in [0.4, 0.5) is 0 Å². The second-order valence-electron chi connectivity index (χ2n) is 10.4. The molecule has 204 valence electrons. The number of esters is 1. The average molecular weight is 531 g/mol. The molecule has 1 atom stereocenters. The van der Waals surface area contributed by atoms with E-state index in [0.29, 0.717) is 16.6 Å². The van der Waals surface area contributed by atoms with Gasteiger partial charge in [0.25, 0.3) is 0 Å². The van der Waals surface area contributed by atoms with Crippen molar-refractivity contribution in [3.63, 3.8) is 0 Å². The van der Waals surface area contributed by atoms with Crippen LogP contribution in [0.2, 0.25) is 0 Å². The van der Waals surface area contributed by atoms with Gasteiger partial charge in [-0.05, 0) is 60.7 Å². The van der Waals surface area contributed by atoms with Crippen molar-refractivity contribution in [1.82, 2.24) is 0 Å². The molecule has 0 bridgehead atoms. The molecule has 3 aromatic carbocycles. The number of thioether (sulfide) groups is 1. The SMILES string of the molecule is CCCCCCCCc1ccc(-c2ccccc2)c(OC(=O)c2ccc(SC(C)CCCCCC)cc2)c1. The Balaban J connectivity index is 1.65. The molecule has 0 spiro atoms. The maximum absolute atomic E-state index is 13.2. The molecule has 3 aromatic rings. The lowest BCUT2D eigenvalue weighted by Crippen LogP contribution is -2.09. The Morgan fingerprint density at radius 1 is 0.763 bits per heavy atom. The highest BCUT2D eigenvalue weighted by Gasteiger charge is 2.15. The molecular weight excluding hydrogens is 484 g/mol. The quantitative estimate of drug-likeness (QED) is 0.0751. The molecule has 0 radical (unpaired) electrons. The van der Waals surface area contributed by atoms with Crippen molar-refractivity contribution < 1.29 is 9.53 Å². The van der Waals surface area contributed by atoms with E-state index >= 15 is 0 Å². The molecule has 0 saturated heterocycles. The smallest absolute Gasteiger partial charge is 0.343 e. The number of unbranched alkanes of at least 4 members (excludes halogenated alkanes) is 8. The van der Waals surface area contributed by atoms with Crippen LogP contribution in [0.5, 0.6) is 5.75 Å². The molecule has 2 nitrogen and oxygen atoms in total. The molecule has 0 aliphatic heterocycles. The van der Waals surface area contributed by atoms with Crippen LogP contribution in [-0.4, -0.2) is 11.2 Å². The number of benzene rings is 3. The molecule has 3 heteroatoms. The molecule has 0 fully saturated rings. The number of hydrogen-bond donors (Lipinski definition) is 0. The fourth-order valence-electron chi connectivity index (χ4n) is 4.75. The van der Waals surface area contributed by atoms with Crippen LogP contribution >= 0.6 is 11.8 Å². The highest BCUT2D eigenvalue weighted by Crippen LogP contribution is 2.33. The molecule has 0 aromatic heterocycles. The van der Waals surface area contributed by atoms with Gasteiger partial charge in [-0.2, -0.15) is 0 Å². The number of rotatable bonds is 17. The monoisotopic (exact) mass is 530 g/mol. The minimum atomic E-state index is -0.303. The first-order chi connectivity index (χ1) is 18.6. The van der Waals surface area contributed by atoms with E-state index < -0.39 is 0 Å². The number of hydrogen-bond acceptors (Lipinski definition) is 3. The molecule has 0 amide bonds. The molecule has 0 N–H and O–H groups in total. The third-order valence-corrected chi connectivity index (χ3v) is 8.23. The van der Waals surface area contributed by atoms with Crippen molar-refractivity contribution in [3.05, 3.63) is 83.9 Å². The second-order valence-corrected chi connectivity index (χ2v) is 11.9. The van der Waals surface area contributed by atoms with Gasteiger partial charge in [0.15, 0.2) is 0 Å². The van der Waals surface area contributed by atoms with Gasteiger partial charge in [0.1, 0.15) is 5.75 Å². The summed E-state index contributed by atoms with van der Waals surface area (Å²) in [4.78, 5) is 14.4. The van der Waals surface area contributed by atoms with Crippen molar-refractivity contribution in [2.45, 2.75) is 108 Å². The first kappa shape index (κ1) is 30.0. The first-order valence-corrected chi connectivity index (χ1v) is 15.7. The van der Waals surface area contributed by atoms with E-state index in [0.717, 1.165) is 24.0 Å². The molecular formula is C35H46O2S. The fraction of sp³-hybridized carbons (Fsp3) is 0.457. The molecule has 38 heavy (non-hydrogen) atoms. The van der Waals surface area contributed by atoms with Gasteiger partial charge in [-0.15, -0.1) is 11.8 Å². The van der Waals surface area contributed by atoms with Gasteiger partial charge in [-0.1, -0.05) is 121 Å². The van der Waals surface area contributed by atoms with Crippen molar-refractivity contribution >= 4 is 17.7 Å². The van der Waals surface area contributed by atoms with Crippen LogP contribution in [0, 0.1) is 0 Å². The Hall–Kier alpha value is -2.52. The van der Waals surface area contributed by atoms with Crippen LogP contribution in [0.15, 0.2) is 77.7 Å². The van der Waals surface area contributed by atoms with Gasteiger partial charge in [-0.25, -0.2) is 4.79 Å². The normalized spacial score (nSPS) is 11.9. The van der Waals surface area contributed by atoms with Crippen LogP contribution in [0.25, 0.3) is 11.1 Å². The van der Waals surface area contributed by atoms with Gasteiger partial charge in [0.2, 0.25) is 0 Å². The van der Waals surface area contributed by atoms with E-state index in [9.17, 15) is 4.79 Å². The van der Waals surface area contributed by atoms with Crippen LogP contribution in [-0.2, 0) is 6.42 Å². The predicted octanol–water partition coefficient (Wildman–Crippen LogP) is 10.9. The van der Waals surface area contributed by atoms with Gasteiger partial charge in [0.05, 0.1) is 5.56 Å². The summed E-state index contributed by atoms with van der Waals surface area (Å²) in [5.41, 5.74) is 3.82. The minimum absolute atomic E-state index is 0.303. The molecule has 0 heterocycles.